The standard InChI is InChI=1S/C73H114F8N12O14/c1-15-42(5)60-68(103)87(9)40-58(96)88(10)51-23-20-19-21-32-92(67(51)102)54(35-43-24-27-46(28-25-43)72(76,77)78)66(101)86(8)39-56(94)82-50(29-26-44-33-48(74)59(49(75)34-44)73(79,80)81)64(99)93-38-47(107-18-4)36-52(93)63(98)84-71(30-22-31-71)70(105)91(13)61(45(16-2)17-3)69(104)90(12)53(65(100)85(6)7)37-57(95)89(11)55(41-106-14)62(97)83-60/h19-20,42-55,59-61H,15-18,21-41H2,1-14H3,(H,82,94)(H,83,97)(H,84,98)/b20-19-/t42-,43?,44?,46?,47+,48?,49?,50-,51-,52-,53-,54-,55-,59?,60-,61-/m0/s1. The van der Waals surface area contributed by atoms with Gasteiger partial charge in [-0.15, -0.1) is 0 Å². The Morgan fingerprint density at radius 1 is 0.654 bits per heavy atom. The molecule has 1 spiro atoms. The molecule has 34 heteroatoms. The summed E-state index contributed by atoms with van der Waals surface area (Å²) in [6.07, 6.45) is -15.3. The van der Waals surface area contributed by atoms with Gasteiger partial charge in [-0.3, -0.25) is 57.5 Å². The van der Waals surface area contributed by atoms with Crippen molar-refractivity contribution in [2.24, 2.45) is 35.5 Å². The SMILES string of the molecule is CCO[C@@H]1C[C@H]2C(=O)NC3(CCC3)C(=O)N(C)[C@@H](C(CC)CC)C(=O)N(C)[C@H](C(=O)N(C)C)CC(=O)N(C)[C@@H](COC)C(=O)N[C@@H]([C@@H](C)CC)C(=O)N(C)CC(=O)N(C)[C@H]3C/C=C\CCN(C3=O)[C@@H](CC3CCC(C(F)(F)F)CC3)C(=O)N(C)CC(=O)N[C@@H](CCC3CC(F)C(C(F)(F)F)C(F)C3)C(=O)N2C1. The van der Waals surface area contributed by atoms with E-state index >= 15 is 37.5 Å². The van der Waals surface area contributed by atoms with E-state index in [1.54, 1.807) is 46.8 Å². The molecular weight excluding hydrogens is 1420 g/mol. The lowest BCUT2D eigenvalue weighted by Gasteiger charge is -2.47. The van der Waals surface area contributed by atoms with E-state index < -0.39 is 236 Å². The van der Waals surface area contributed by atoms with E-state index in [2.05, 4.69) is 16.0 Å². The highest BCUT2D eigenvalue weighted by atomic mass is 19.4. The third-order valence-electron chi connectivity index (χ3n) is 23.2. The zero-order valence-corrected chi connectivity index (χ0v) is 64.4. The first-order chi connectivity index (χ1) is 50.1. The quantitative estimate of drug-likeness (QED) is 0.140. The zero-order valence-electron chi connectivity index (χ0n) is 64.4. The summed E-state index contributed by atoms with van der Waals surface area (Å²) < 4.78 is 127. The van der Waals surface area contributed by atoms with E-state index in [9.17, 15) is 55.1 Å². The van der Waals surface area contributed by atoms with E-state index in [0.717, 1.165) is 34.3 Å². The van der Waals surface area contributed by atoms with Crippen molar-refractivity contribution in [3.8, 4) is 0 Å². The summed E-state index contributed by atoms with van der Waals surface area (Å²) >= 11 is 0. The number of fused-ring (bicyclic) bond motifs is 3. The minimum atomic E-state index is -5.22. The second kappa shape index (κ2) is 38.4. The average molecular weight is 1540 g/mol. The molecule has 12 amide bonds. The summed E-state index contributed by atoms with van der Waals surface area (Å²) in [6, 6.07) is -11.8. The Hall–Kier alpha value is -7.26. The van der Waals surface area contributed by atoms with Gasteiger partial charge in [0.15, 0.2) is 0 Å². The molecule has 0 radical (unpaired) electrons. The van der Waals surface area contributed by atoms with Crippen LogP contribution in [0.2, 0.25) is 0 Å². The lowest BCUT2D eigenvalue weighted by atomic mass is 9.74. The number of hydrogen-bond donors (Lipinski definition) is 3. The minimum absolute atomic E-state index is 0.0124. The van der Waals surface area contributed by atoms with Crippen LogP contribution in [-0.2, 0) is 67.0 Å². The van der Waals surface area contributed by atoms with Crippen molar-refractivity contribution < 1.29 is 102 Å². The molecule has 3 aliphatic heterocycles. The second-order valence-corrected chi connectivity index (χ2v) is 30.5. The molecule has 0 aromatic rings. The Morgan fingerprint density at radius 2 is 1.27 bits per heavy atom. The second-order valence-electron chi connectivity index (χ2n) is 30.5. The molecule has 2 unspecified atom stereocenters. The van der Waals surface area contributed by atoms with Crippen LogP contribution in [0.1, 0.15) is 157 Å². The molecule has 3 heterocycles. The number of halogens is 8. The maximum atomic E-state index is 15.5. The van der Waals surface area contributed by atoms with Crippen molar-refractivity contribution in [2.75, 3.05) is 103 Å². The Balaban J connectivity index is 1.48. The predicted octanol–water partition coefficient (Wildman–Crippen LogP) is 5.20. The highest BCUT2D eigenvalue weighted by Crippen LogP contribution is 2.45. The predicted molar refractivity (Wildman–Crippen MR) is 376 cm³/mol. The summed E-state index contributed by atoms with van der Waals surface area (Å²) in [7, 11) is 11.8. The highest BCUT2D eigenvalue weighted by Gasteiger charge is 2.56. The van der Waals surface area contributed by atoms with Crippen molar-refractivity contribution in [3.63, 3.8) is 0 Å². The van der Waals surface area contributed by atoms with Crippen LogP contribution in [0.15, 0.2) is 12.2 Å². The Morgan fingerprint density at radius 3 is 1.81 bits per heavy atom. The maximum absolute atomic E-state index is 15.5. The number of likely N-dealkylation sites (N-methyl/N-ethyl adjacent to an activating group) is 7. The summed E-state index contributed by atoms with van der Waals surface area (Å²) in [5.41, 5.74) is -1.72. The fraction of sp³-hybridized carbons (Fsp3) is 0.808. The smallest absolute Gasteiger partial charge is 0.382 e. The van der Waals surface area contributed by atoms with Crippen LogP contribution in [0.25, 0.3) is 0 Å². The number of carbonyl (C=O) groups is 12. The van der Waals surface area contributed by atoms with Gasteiger partial charge in [0.1, 0.15) is 72.1 Å². The fourth-order valence-corrected chi connectivity index (χ4v) is 16.1. The van der Waals surface area contributed by atoms with E-state index in [1.807, 2.05) is 0 Å². The van der Waals surface area contributed by atoms with E-state index in [0.29, 0.717) is 25.7 Å². The number of amides is 12. The van der Waals surface area contributed by atoms with Gasteiger partial charge < -0.3 is 69.5 Å². The third kappa shape index (κ3) is 21.6. The van der Waals surface area contributed by atoms with Gasteiger partial charge in [-0.05, 0) is 120 Å². The maximum Gasteiger partial charge on any atom is 0.397 e. The normalized spacial score (nSPS) is 31.2. The molecule has 6 rings (SSSR count). The lowest BCUT2D eigenvalue weighted by molar-refractivity contribution is -0.219. The van der Waals surface area contributed by atoms with Crippen LogP contribution in [0.5, 0.6) is 0 Å². The molecule has 5 fully saturated rings. The molecule has 12 atom stereocenters. The molecule has 6 aliphatic rings. The molecule has 3 N–H and O–H groups in total. The van der Waals surface area contributed by atoms with Crippen LogP contribution < -0.4 is 16.0 Å². The van der Waals surface area contributed by atoms with Crippen molar-refractivity contribution in [3.05, 3.63) is 12.2 Å². The van der Waals surface area contributed by atoms with Crippen molar-refractivity contribution in [1.29, 1.82) is 0 Å². The molecule has 3 aliphatic carbocycles. The van der Waals surface area contributed by atoms with Crippen LogP contribution in [-0.4, -0.2) is 303 Å². The Labute approximate surface area is 622 Å². The van der Waals surface area contributed by atoms with Gasteiger partial charge in [0, 0.05) is 89.6 Å². The van der Waals surface area contributed by atoms with Crippen LogP contribution >= 0.6 is 0 Å². The van der Waals surface area contributed by atoms with E-state index in [-0.39, 0.29) is 90.3 Å². The summed E-state index contributed by atoms with van der Waals surface area (Å²) in [6.45, 7) is 6.23. The Kier molecular flexibility index (Phi) is 31.8. The van der Waals surface area contributed by atoms with Gasteiger partial charge in [-0.2, -0.15) is 26.3 Å². The van der Waals surface area contributed by atoms with E-state index in [1.165, 1.54) is 73.3 Å². The number of nitrogens with zero attached hydrogens (tertiary/aromatic N) is 9. The van der Waals surface area contributed by atoms with Crippen LogP contribution in [0.3, 0.4) is 0 Å². The zero-order chi connectivity index (χ0) is 80.1. The van der Waals surface area contributed by atoms with Crippen molar-refractivity contribution in [2.45, 2.75) is 241 Å². The number of alkyl halides is 8. The first-order valence-corrected chi connectivity index (χ1v) is 37.6. The first-order valence-electron chi connectivity index (χ1n) is 37.6. The van der Waals surface area contributed by atoms with Gasteiger partial charge in [-0.1, -0.05) is 59.1 Å². The molecule has 0 aromatic heterocycles. The molecule has 2 bridgehead atoms. The number of ether oxygens (including phenoxy) is 2. The van der Waals surface area contributed by atoms with Gasteiger partial charge >= 0.3 is 12.4 Å². The highest BCUT2D eigenvalue weighted by molar-refractivity contribution is 6.01. The average Bonchev–Trinajstić information content (AvgIpc) is 1.47. The van der Waals surface area contributed by atoms with Crippen LogP contribution in [0.4, 0.5) is 35.1 Å². The summed E-state index contributed by atoms with van der Waals surface area (Å²) in [5, 5.41) is 8.26. The molecule has 2 saturated heterocycles. The van der Waals surface area contributed by atoms with E-state index in [4.69, 9.17) is 9.47 Å². The van der Waals surface area contributed by atoms with Gasteiger partial charge in [0.2, 0.25) is 70.9 Å². The first kappa shape index (κ1) is 88.6. The third-order valence-corrected chi connectivity index (χ3v) is 23.2. The van der Waals surface area contributed by atoms with Gasteiger partial charge in [0.05, 0.1) is 38.1 Å². The topological polar surface area (TPSA) is 289 Å². The van der Waals surface area contributed by atoms with Crippen LogP contribution in [0, 0.1) is 35.5 Å². The molecule has 26 nitrogen and oxygen atoms in total. The lowest BCUT2D eigenvalue weighted by Crippen LogP contribution is -2.68. The monoisotopic (exact) mass is 1530 g/mol. The minimum Gasteiger partial charge on any atom is -0.382 e. The number of rotatable bonds is 15. The summed E-state index contributed by atoms with van der Waals surface area (Å²) in [4.78, 5) is 190. The van der Waals surface area contributed by atoms with Gasteiger partial charge in [0.25, 0.3) is 0 Å². The Bertz CT molecular complexity index is 3160. The number of methoxy groups -OCH3 is 1. The molecule has 107 heavy (non-hydrogen) atoms. The largest absolute Gasteiger partial charge is 0.397 e. The number of hydrogen-bond acceptors (Lipinski definition) is 14. The summed E-state index contributed by atoms with van der Waals surface area (Å²) in [5.74, 6) is -17.5. The molecule has 0 aromatic carbocycles. The molecule has 606 valence electrons. The molecule has 3 saturated carbocycles. The van der Waals surface area contributed by atoms with Crippen molar-refractivity contribution >= 4 is 70.9 Å². The van der Waals surface area contributed by atoms with Gasteiger partial charge in [-0.25, -0.2) is 8.78 Å². The number of carbonyl (C=O) groups excluding carboxylic acids is 12. The fourth-order valence-electron chi connectivity index (χ4n) is 16.1. The van der Waals surface area contributed by atoms with Crippen molar-refractivity contribution in [1.82, 2.24) is 60.0 Å². The number of nitrogens with one attached hydrogen (secondary N) is 3. The molecular formula is C73H114F8N12O14.